The van der Waals surface area contributed by atoms with Crippen molar-refractivity contribution in [1.82, 2.24) is 15.0 Å². The molecule has 1 aliphatic heterocycles. The Morgan fingerprint density at radius 2 is 2.26 bits per heavy atom. The van der Waals surface area contributed by atoms with Crippen LogP contribution in [0.1, 0.15) is 47.9 Å². The van der Waals surface area contributed by atoms with Crippen LogP contribution in [0.5, 0.6) is 5.75 Å². The van der Waals surface area contributed by atoms with Crippen LogP contribution in [0.2, 0.25) is 0 Å². The number of nitrogens with zero attached hydrogens (tertiary/aromatic N) is 3. The van der Waals surface area contributed by atoms with Crippen LogP contribution >= 0.6 is 0 Å². The minimum absolute atomic E-state index is 0.0572. The zero-order valence-electron chi connectivity index (χ0n) is 12.9. The van der Waals surface area contributed by atoms with Crippen LogP contribution in [0.15, 0.2) is 29.1 Å². The molecule has 0 radical (unpaired) electrons. The van der Waals surface area contributed by atoms with E-state index in [1.54, 1.807) is 4.90 Å². The van der Waals surface area contributed by atoms with E-state index in [1.165, 1.54) is 31.7 Å². The van der Waals surface area contributed by atoms with Gasteiger partial charge in [0.25, 0.3) is 5.91 Å². The summed E-state index contributed by atoms with van der Waals surface area (Å²) >= 11 is 0. The average molecular weight is 319 g/mol. The average Bonchev–Trinajstić information content (AvgIpc) is 2.99. The largest absolute Gasteiger partial charge is 0.494 e. The van der Waals surface area contributed by atoms with E-state index in [9.17, 15) is 9.18 Å². The lowest BCUT2D eigenvalue weighted by Crippen LogP contribution is -2.35. The van der Waals surface area contributed by atoms with Gasteiger partial charge in [-0.05, 0) is 31.0 Å². The van der Waals surface area contributed by atoms with Crippen LogP contribution in [0, 0.1) is 5.82 Å². The molecule has 1 unspecified atom stereocenters. The zero-order chi connectivity index (χ0) is 16.2. The molecule has 0 spiro atoms. The van der Waals surface area contributed by atoms with Gasteiger partial charge in [-0.2, -0.15) is 4.98 Å². The first kappa shape index (κ1) is 15.5. The van der Waals surface area contributed by atoms with Crippen molar-refractivity contribution >= 4 is 5.91 Å². The van der Waals surface area contributed by atoms with Crippen molar-refractivity contribution in [3.63, 3.8) is 0 Å². The fraction of sp³-hybridized carbons (Fsp3) is 0.438. The van der Waals surface area contributed by atoms with Gasteiger partial charge in [-0.25, -0.2) is 4.39 Å². The van der Waals surface area contributed by atoms with Crippen LogP contribution in [0.25, 0.3) is 0 Å². The molecular weight excluding hydrogens is 301 g/mol. The molecular formula is C16H18FN3O3. The van der Waals surface area contributed by atoms with Crippen molar-refractivity contribution in [2.24, 2.45) is 0 Å². The van der Waals surface area contributed by atoms with Crippen molar-refractivity contribution in [2.45, 2.75) is 31.7 Å². The predicted molar refractivity (Wildman–Crippen MR) is 79.5 cm³/mol. The quantitative estimate of drug-likeness (QED) is 0.870. The molecule has 2 heterocycles. The molecule has 23 heavy (non-hydrogen) atoms. The lowest BCUT2D eigenvalue weighted by Gasteiger charge is -2.28. The van der Waals surface area contributed by atoms with Crippen molar-refractivity contribution in [1.29, 1.82) is 0 Å². The van der Waals surface area contributed by atoms with Gasteiger partial charge in [0, 0.05) is 12.1 Å². The minimum Gasteiger partial charge on any atom is -0.494 e. The number of ether oxygens (including phenoxy) is 1. The number of hydrogen-bond donors (Lipinski definition) is 0. The summed E-state index contributed by atoms with van der Waals surface area (Å²) in [5, 5.41) is 3.89. The number of hydrogen-bond acceptors (Lipinski definition) is 5. The Kier molecular flexibility index (Phi) is 4.55. The molecule has 1 saturated heterocycles. The van der Waals surface area contributed by atoms with Gasteiger partial charge < -0.3 is 14.2 Å². The van der Waals surface area contributed by atoms with E-state index in [0.29, 0.717) is 17.9 Å². The van der Waals surface area contributed by atoms with Gasteiger partial charge >= 0.3 is 0 Å². The topological polar surface area (TPSA) is 68.5 Å². The SMILES string of the molecule is COc1cc(C(=O)N2CCCCCC2c2ncon2)ccc1F. The number of halogens is 1. The Morgan fingerprint density at radius 3 is 3.00 bits per heavy atom. The summed E-state index contributed by atoms with van der Waals surface area (Å²) in [6.07, 6.45) is 5.01. The molecule has 1 fully saturated rings. The molecule has 2 aromatic rings. The molecule has 1 aromatic carbocycles. The van der Waals surface area contributed by atoms with Gasteiger partial charge in [0.05, 0.1) is 13.2 Å². The maximum atomic E-state index is 13.6. The predicted octanol–water partition coefficient (Wildman–Crippen LogP) is 2.97. The van der Waals surface area contributed by atoms with Crippen LogP contribution < -0.4 is 4.74 Å². The Hall–Kier alpha value is -2.44. The van der Waals surface area contributed by atoms with Crippen molar-refractivity contribution in [3.8, 4) is 5.75 Å². The number of rotatable bonds is 3. The number of likely N-dealkylation sites (tertiary alicyclic amines) is 1. The summed E-state index contributed by atoms with van der Waals surface area (Å²) in [5.41, 5.74) is 0.388. The number of methoxy groups -OCH3 is 1. The summed E-state index contributed by atoms with van der Waals surface area (Å²) in [5.74, 6) is -0.106. The molecule has 1 amide bonds. The highest BCUT2D eigenvalue weighted by molar-refractivity contribution is 5.94. The highest BCUT2D eigenvalue weighted by Gasteiger charge is 2.30. The maximum absolute atomic E-state index is 13.6. The van der Waals surface area contributed by atoms with Crippen molar-refractivity contribution in [3.05, 3.63) is 41.8 Å². The summed E-state index contributed by atoms with van der Waals surface area (Å²) in [6, 6.07) is 3.92. The van der Waals surface area contributed by atoms with E-state index in [0.717, 1.165) is 25.7 Å². The number of benzene rings is 1. The van der Waals surface area contributed by atoms with Gasteiger partial charge in [0.15, 0.2) is 17.4 Å². The third-order valence-corrected chi connectivity index (χ3v) is 4.09. The fourth-order valence-corrected chi connectivity index (χ4v) is 2.90. The van der Waals surface area contributed by atoms with Gasteiger partial charge in [0.1, 0.15) is 0 Å². The summed E-state index contributed by atoms with van der Waals surface area (Å²) in [7, 11) is 1.38. The van der Waals surface area contributed by atoms with Gasteiger partial charge in [-0.15, -0.1) is 0 Å². The van der Waals surface area contributed by atoms with Gasteiger partial charge in [0.2, 0.25) is 6.39 Å². The second-order valence-electron chi connectivity index (χ2n) is 5.50. The molecule has 1 aromatic heterocycles. The van der Waals surface area contributed by atoms with Crippen LogP contribution in [-0.4, -0.2) is 34.6 Å². The summed E-state index contributed by atoms with van der Waals surface area (Å²) in [6.45, 7) is 0.609. The molecule has 7 heteroatoms. The normalized spacial score (nSPS) is 18.5. The highest BCUT2D eigenvalue weighted by atomic mass is 19.1. The molecule has 3 rings (SSSR count). The zero-order valence-corrected chi connectivity index (χ0v) is 12.9. The molecule has 6 nitrogen and oxygen atoms in total. The lowest BCUT2D eigenvalue weighted by molar-refractivity contribution is 0.0670. The van der Waals surface area contributed by atoms with E-state index in [1.807, 2.05) is 0 Å². The monoisotopic (exact) mass is 319 g/mol. The number of aromatic nitrogens is 2. The molecule has 0 bridgehead atoms. The molecule has 1 aliphatic rings. The number of carbonyl (C=O) groups excluding carboxylic acids is 1. The smallest absolute Gasteiger partial charge is 0.254 e. The van der Waals surface area contributed by atoms with E-state index in [2.05, 4.69) is 10.1 Å². The number of carbonyl (C=O) groups is 1. The van der Waals surface area contributed by atoms with Gasteiger partial charge in [-0.1, -0.05) is 18.0 Å². The van der Waals surface area contributed by atoms with Gasteiger partial charge in [-0.3, -0.25) is 4.79 Å². The second-order valence-corrected chi connectivity index (χ2v) is 5.50. The standard InChI is InChI=1S/C16H18FN3O3/c1-22-14-9-11(6-7-12(14)17)16(21)20-8-4-2-3-5-13(20)15-18-10-23-19-15/h6-7,9-10,13H,2-5,8H2,1H3. The molecule has 122 valence electrons. The van der Waals surface area contributed by atoms with Crippen molar-refractivity contribution < 1.29 is 18.4 Å². The van der Waals surface area contributed by atoms with Crippen LogP contribution in [0.4, 0.5) is 4.39 Å². The highest BCUT2D eigenvalue weighted by Crippen LogP contribution is 2.30. The van der Waals surface area contributed by atoms with Crippen LogP contribution in [0.3, 0.4) is 0 Å². The molecule has 1 atom stereocenters. The first-order valence-electron chi connectivity index (χ1n) is 7.61. The third kappa shape index (κ3) is 3.18. The Balaban J connectivity index is 1.91. The number of amides is 1. The first-order chi connectivity index (χ1) is 11.2. The van der Waals surface area contributed by atoms with E-state index in [4.69, 9.17) is 9.26 Å². The van der Waals surface area contributed by atoms with Crippen LogP contribution in [-0.2, 0) is 0 Å². The molecule has 0 saturated carbocycles. The third-order valence-electron chi connectivity index (χ3n) is 4.09. The van der Waals surface area contributed by atoms with E-state index >= 15 is 0 Å². The summed E-state index contributed by atoms with van der Waals surface area (Å²) in [4.78, 5) is 18.7. The maximum Gasteiger partial charge on any atom is 0.254 e. The fourth-order valence-electron chi connectivity index (χ4n) is 2.90. The second kappa shape index (κ2) is 6.76. The minimum atomic E-state index is -0.491. The van der Waals surface area contributed by atoms with E-state index in [-0.39, 0.29) is 17.7 Å². The molecule has 0 N–H and O–H groups in total. The first-order valence-corrected chi connectivity index (χ1v) is 7.61. The summed E-state index contributed by atoms with van der Waals surface area (Å²) < 4.78 is 23.3. The Labute approximate surface area is 133 Å². The Bertz CT molecular complexity index is 675. The van der Waals surface area contributed by atoms with E-state index < -0.39 is 5.82 Å². The Morgan fingerprint density at radius 1 is 1.39 bits per heavy atom. The molecule has 0 aliphatic carbocycles. The van der Waals surface area contributed by atoms with Crippen molar-refractivity contribution in [2.75, 3.05) is 13.7 Å². The lowest BCUT2D eigenvalue weighted by atomic mass is 10.1.